The normalized spacial score (nSPS) is 21.0. The van der Waals surface area contributed by atoms with E-state index in [2.05, 4.69) is 24.1 Å². The molecule has 1 aliphatic heterocycles. The van der Waals surface area contributed by atoms with E-state index in [0.29, 0.717) is 6.54 Å². The first-order chi connectivity index (χ1) is 10.9. The third-order valence-electron chi connectivity index (χ3n) is 5.13. The Labute approximate surface area is 137 Å². The maximum absolute atomic E-state index is 13.1. The number of amides is 1. The zero-order valence-electron chi connectivity index (χ0n) is 13.9. The summed E-state index contributed by atoms with van der Waals surface area (Å²) in [5.74, 6) is -0.205. The third-order valence-corrected chi connectivity index (χ3v) is 5.13. The van der Waals surface area contributed by atoms with Gasteiger partial charge in [-0.3, -0.25) is 9.69 Å². The van der Waals surface area contributed by atoms with Crippen molar-refractivity contribution in [2.24, 2.45) is 0 Å². The molecule has 1 saturated carbocycles. The van der Waals surface area contributed by atoms with Crippen LogP contribution in [0.2, 0.25) is 0 Å². The first-order valence-electron chi connectivity index (χ1n) is 8.31. The maximum Gasteiger partial charge on any atom is 0.230 e. The van der Waals surface area contributed by atoms with Gasteiger partial charge in [-0.25, -0.2) is 4.39 Å². The van der Waals surface area contributed by atoms with E-state index in [1.165, 1.54) is 12.1 Å². The van der Waals surface area contributed by atoms with Gasteiger partial charge in [-0.2, -0.15) is 0 Å². The van der Waals surface area contributed by atoms with Crippen LogP contribution in [0.3, 0.4) is 0 Å². The number of halogens is 1. The first-order valence-corrected chi connectivity index (χ1v) is 8.31. The molecule has 2 fully saturated rings. The number of benzene rings is 1. The number of carbonyl (C=O) groups excluding carboxylic acids is 1. The molecule has 3 rings (SSSR count). The summed E-state index contributed by atoms with van der Waals surface area (Å²) >= 11 is 0. The molecule has 1 saturated heterocycles. The van der Waals surface area contributed by atoms with E-state index in [9.17, 15) is 9.18 Å². The van der Waals surface area contributed by atoms with Crippen LogP contribution in [0, 0.1) is 5.82 Å². The van der Waals surface area contributed by atoms with Crippen LogP contribution in [0.4, 0.5) is 4.39 Å². The van der Waals surface area contributed by atoms with Gasteiger partial charge in [0.15, 0.2) is 0 Å². The van der Waals surface area contributed by atoms with Crippen LogP contribution < -0.4 is 5.32 Å². The van der Waals surface area contributed by atoms with Gasteiger partial charge >= 0.3 is 0 Å². The van der Waals surface area contributed by atoms with Crippen molar-refractivity contribution in [3.05, 3.63) is 35.6 Å². The van der Waals surface area contributed by atoms with Gasteiger partial charge < -0.3 is 10.1 Å². The summed E-state index contributed by atoms with van der Waals surface area (Å²) in [6.07, 6.45) is 1.67. The summed E-state index contributed by atoms with van der Waals surface area (Å²) in [5, 5.41) is 3.12. The fourth-order valence-corrected chi connectivity index (χ4v) is 3.29. The molecule has 23 heavy (non-hydrogen) atoms. The third kappa shape index (κ3) is 3.40. The molecule has 0 spiro atoms. The van der Waals surface area contributed by atoms with Crippen molar-refractivity contribution in [2.75, 3.05) is 32.8 Å². The Balaban J connectivity index is 1.61. The van der Waals surface area contributed by atoms with E-state index in [1.54, 1.807) is 12.1 Å². The Morgan fingerprint density at radius 1 is 1.26 bits per heavy atom. The molecule has 2 aliphatic rings. The standard InChI is InChI=1S/C18H25FN2O2/c1-17(2,21-9-11-23-12-10-21)13-20-16(22)18(7-8-18)14-3-5-15(19)6-4-14/h3-6H,7-13H2,1-2H3,(H,20,22). The average molecular weight is 320 g/mol. The molecule has 0 aromatic heterocycles. The molecule has 1 N–H and O–H groups in total. The topological polar surface area (TPSA) is 41.6 Å². The molecular formula is C18H25FN2O2. The maximum atomic E-state index is 13.1. The summed E-state index contributed by atoms with van der Waals surface area (Å²) in [7, 11) is 0. The van der Waals surface area contributed by atoms with E-state index in [1.807, 2.05) is 0 Å². The summed E-state index contributed by atoms with van der Waals surface area (Å²) in [4.78, 5) is 15.0. The molecule has 0 bridgehead atoms. The lowest BCUT2D eigenvalue weighted by atomic mass is 9.94. The Hall–Kier alpha value is -1.46. The molecule has 1 aromatic carbocycles. The molecule has 5 heteroatoms. The van der Waals surface area contributed by atoms with Gasteiger partial charge in [-0.1, -0.05) is 12.1 Å². The van der Waals surface area contributed by atoms with Crippen molar-refractivity contribution < 1.29 is 13.9 Å². The first kappa shape index (κ1) is 16.4. The Morgan fingerprint density at radius 2 is 1.87 bits per heavy atom. The second-order valence-electron chi connectivity index (χ2n) is 7.18. The zero-order chi connectivity index (χ0) is 16.5. The number of ether oxygens (including phenoxy) is 1. The van der Waals surface area contributed by atoms with Gasteiger partial charge in [0.05, 0.1) is 18.6 Å². The van der Waals surface area contributed by atoms with E-state index >= 15 is 0 Å². The molecule has 1 heterocycles. The minimum absolute atomic E-state index is 0.0606. The van der Waals surface area contributed by atoms with Crippen molar-refractivity contribution in [1.29, 1.82) is 0 Å². The van der Waals surface area contributed by atoms with E-state index in [4.69, 9.17) is 4.74 Å². The van der Waals surface area contributed by atoms with Crippen molar-refractivity contribution in [3.63, 3.8) is 0 Å². The molecule has 0 atom stereocenters. The molecule has 1 aromatic rings. The summed E-state index contributed by atoms with van der Waals surface area (Å²) in [6, 6.07) is 6.32. The lowest BCUT2D eigenvalue weighted by molar-refractivity contribution is -0.124. The minimum Gasteiger partial charge on any atom is -0.379 e. The lowest BCUT2D eigenvalue weighted by Gasteiger charge is -2.41. The molecule has 1 amide bonds. The monoisotopic (exact) mass is 320 g/mol. The highest BCUT2D eigenvalue weighted by Gasteiger charge is 2.51. The molecule has 126 valence electrons. The highest BCUT2D eigenvalue weighted by molar-refractivity contribution is 5.91. The zero-order valence-corrected chi connectivity index (χ0v) is 13.9. The molecule has 4 nitrogen and oxygen atoms in total. The van der Waals surface area contributed by atoms with Crippen molar-refractivity contribution in [1.82, 2.24) is 10.2 Å². The Bertz CT molecular complexity index is 561. The van der Waals surface area contributed by atoms with Crippen molar-refractivity contribution >= 4 is 5.91 Å². The van der Waals surface area contributed by atoms with Gasteiger partial charge in [0.25, 0.3) is 0 Å². The number of hydrogen-bond donors (Lipinski definition) is 1. The van der Waals surface area contributed by atoms with Crippen LogP contribution in [-0.4, -0.2) is 49.2 Å². The molecule has 0 unspecified atom stereocenters. The van der Waals surface area contributed by atoms with Crippen molar-refractivity contribution in [3.8, 4) is 0 Å². The van der Waals surface area contributed by atoms with Crippen molar-refractivity contribution in [2.45, 2.75) is 37.6 Å². The van der Waals surface area contributed by atoms with E-state index < -0.39 is 5.41 Å². The second-order valence-corrected chi connectivity index (χ2v) is 7.18. The smallest absolute Gasteiger partial charge is 0.230 e. The largest absolute Gasteiger partial charge is 0.379 e. The number of rotatable bonds is 5. The lowest BCUT2D eigenvalue weighted by Crippen LogP contribution is -2.56. The van der Waals surface area contributed by atoms with Crippen LogP contribution >= 0.6 is 0 Å². The van der Waals surface area contributed by atoms with Crippen LogP contribution in [0.25, 0.3) is 0 Å². The van der Waals surface area contributed by atoms with E-state index in [0.717, 1.165) is 44.7 Å². The number of morpholine rings is 1. The number of nitrogens with one attached hydrogen (secondary N) is 1. The van der Waals surface area contributed by atoms with Crippen LogP contribution in [-0.2, 0) is 14.9 Å². The number of nitrogens with zero attached hydrogens (tertiary/aromatic N) is 1. The van der Waals surface area contributed by atoms with Crippen LogP contribution in [0.1, 0.15) is 32.3 Å². The number of carbonyl (C=O) groups is 1. The fraction of sp³-hybridized carbons (Fsp3) is 0.611. The SMILES string of the molecule is CC(C)(CNC(=O)C1(c2ccc(F)cc2)CC1)N1CCOCC1. The fourth-order valence-electron chi connectivity index (χ4n) is 3.29. The Morgan fingerprint density at radius 3 is 2.43 bits per heavy atom. The number of hydrogen-bond acceptors (Lipinski definition) is 3. The highest BCUT2D eigenvalue weighted by Crippen LogP contribution is 2.48. The molecule has 0 radical (unpaired) electrons. The minimum atomic E-state index is -0.450. The van der Waals surface area contributed by atoms with Crippen LogP contribution in [0.5, 0.6) is 0 Å². The van der Waals surface area contributed by atoms with Gasteiger partial charge in [0.2, 0.25) is 5.91 Å². The van der Waals surface area contributed by atoms with Gasteiger partial charge in [-0.05, 0) is 44.4 Å². The quantitative estimate of drug-likeness (QED) is 0.903. The highest BCUT2D eigenvalue weighted by atomic mass is 19.1. The predicted octanol–water partition coefficient (Wildman–Crippen LogP) is 2.08. The van der Waals surface area contributed by atoms with E-state index in [-0.39, 0.29) is 17.3 Å². The second kappa shape index (κ2) is 6.21. The summed E-state index contributed by atoms with van der Waals surface area (Å²) < 4.78 is 18.5. The predicted molar refractivity (Wildman–Crippen MR) is 86.8 cm³/mol. The summed E-state index contributed by atoms with van der Waals surface area (Å²) in [6.45, 7) is 8.19. The molecular weight excluding hydrogens is 295 g/mol. The van der Waals surface area contributed by atoms with Gasteiger partial charge in [0, 0.05) is 25.2 Å². The Kier molecular flexibility index (Phi) is 4.43. The van der Waals surface area contributed by atoms with Crippen LogP contribution in [0.15, 0.2) is 24.3 Å². The van der Waals surface area contributed by atoms with Gasteiger partial charge in [-0.15, -0.1) is 0 Å². The van der Waals surface area contributed by atoms with Gasteiger partial charge in [0.1, 0.15) is 5.82 Å². The summed E-state index contributed by atoms with van der Waals surface area (Å²) in [5.41, 5.74) is 0.369. The average Bonchev–Trinajstić information content (AvgIpc) is 3.36. The molecule has 1 aliphatic carbocycles.